The van der Waals surface area contributed by atoms with Crippen LogP contribution in [0.4, 0.5) is 10.5 Å². The fourth-order valence-corrected chi connectivity index (χ4v) is 11.6. The molecule has 4 aliphatic carbocycles. The number of primary sulfonamides is 1. The number of nitrogens with two attached hydrogens (primary N) is 1. The first kappa shape index (κ1) is 50.6. The number of urea groups is 1. The average molecular weight is 947 g/mol. The third-order valence-corrected chi connectivity index (χ3v) is 15.2. The van der Waals surface area contributed by atoms with Crippen molar-refractivity contribution in [1.82, 2.24) is 34.1 Å². The molecular weight excluding hydrogens is 877 g/mol. The van der Waals surface area contributed by atoms with Crippen molar-refractivity contribution in [1.29, 1.82) is 5.26 Å². The lowest BCUT2D eigenvalue weighted by Crippen LogP contribution is -2.35. The van der Waals surface area contributed by atoms with E-state index in [4.69, 9.17) is 15.1 Å². The highest BCUT2D eigenvalue weighted by atomic mass is 32.2. The van der Waals surface area contributed by atoms with Gasteiger partial charge < -0.3 is 19.9 Å². The van der Waals surface area contributed by atoms with Gasteiger partial charge in [-0.1, -0.05) is 26.0 Å². The second-order valence-electron chi connectivity index (χ2n) is 18.9. The lowest BCUT2D eigenvalue weighted by atomic mass is 9.99. The van der Waals surface area contributed by atoms with E-state index in [9.17, 15) is 21.6 Å². The Balaban J connectivity index is 0.000000182. The van der Waals surface area contributed by atoms with Crippen LogP contribution in [-0.2, 0) is 71.4 Å². The Bertz CT molecular complexity index is 2610. The zero-order chi connectivity index (χ0) is 48.2. The number of nitriles is 1. The van der Waals surface area contributed by atoms with E-state index in [1.165, 1.54) is 46.2 Å². The van der Waals surface area contributed by atoms with Crippen LogP contribution in [0.3, 0.4) is 0 Å². The second kappa shape index (κ2) is 21.0. The third kappa shape index (κ3) is 11.0. The molecule has 2 unspecified atom stereocenters. The molecule has 0 saturated heterocycles. The number of fused-ring (bicyclic) bond motifs is 4. The maximum absolute atomic E-state index is 13.1. The number of ether oxygens (including phenoxy) is 1. The molecule has 2 atom stereocenters. The molecule has 8 rings (SSSR count). The molecule has 2 aromatic heterocycles. The Labute approximate surface area is 392 Å². The van der Waals surface area contributed by atoms with Gasteiger partial charge in [-0.25, -0.2) is 23.1 Å². The number of aryl methyl sites for hydroxylation is 4. The van der Waals surface area contributed by atoms with Crippen molar-refractivity contribution in [2.24, 2.45) is 5.14 Å². The number of benzene rings is 2. The normalized spacial score (nSPS) is 15.9. The molecule has 0 aliphatic heterocycles. The van der Waals surface area contributed by atoms with E-state index in [-0.39, 0.29) is 34.2 Å². The van der Waals surface area contributed by atoms with Gasteiger partial charge in [0.05, 0.1) is 23.5 Å². The number of carbonyl (C=O) groups is 1. The number of hydrogen-bond acceptors (Lipinski definition) is 11. The molecule has 2 amide bonds. The van der Waals surface area contributed by atoms with Crippen LogP contribution in [0.5, 0.6) is 5.75 Å². The van der Waals surface area contributed by atoms with Crippen LogP contribution in [0, 0.1) is 11.5 Å². The Hall–Kier alpha value is -4.80. The van der Waals surface area contributed by atoms with Crippen LogP contribution in [0.25, 0.3) is 0 Å². The van der Waals surface area contributed by atoms with Crippen molar-refractivity contribution in [2.75, 3.05) is 33.5 Å². The summed E-state index contributed by atoms with van der Waals surface area (Å²) in [5.74, 6) is 0.903. The van der Waals surface area contributed by atoms with Gasteiger partial charge in [0.15, 0.2) is 10.1 Å². The van der Waals surface area contributed by atoms with Crippen LogP contribution >= 0.6 is 0 Å². The van der Waals surface area contributed by atoms with Gasteiger partial charge in [0.2, 0.25) is 0 Å². The summed E-state index contributed by atoms with van der Waals surface area (Å²) in [6.45, 7) is 12.0. The lowest BCUT2D eigenvalue weighted by molar-refractivity contribution is 0.256. The quantitative estimate of drug-likeness (QED) is 0.111. The number of rotatable bonds is 13. The number of carbonyl (C=O) groups excluding carboxylic acids is 1. The molecule has 2 aromatic carbocycles. The average Bonchev–Trinajstić information content (AvgIpc) is 4.09. The monoisotopic (exact) mass is 946 g/mol. The van der Waals surface area contributed by atoms with Crippen molar-refractivity contribution in [3.63, 3.8) is 0 Å². The highest BCUT2D eigenvalue weighted by molar-refractivity contribution is 7.90. The van der Waals surface area contributed by atoms with Gasteiger partial charge in [-0.15, -0.1) is 5.26 Å². The van der Waals surface area contributed by atoms with E-state index in [0.29, 0.717) is 0 Å². The highest BCUT2D eigenvalue weighted by Crippen LogP contribution is 2.41. The molecule has 0 bridgehead atoms. The summed E-state index contributed by atoms with van der Waals surface area (Å²) in [4.78, 5) is 17.0. The van der Waals surface area contributed by atoms with Gasteiger partial charge in [0.25, 0.3) is 26.3 Å². The summed E-state index contributed by atoms with van der Waals surface area (Å²) in [7, 11) is -0.0357. The van der Waals surface area contributed by atoms with Crippen molar-refractivity contribution in [3.8, 4) is 12.0 Å². The maximum atomic E-state index is 13.1. The topological polar surface area (TPSA) is 211 Å². The van der Waals surface area contributed by atoms with Crippen LogP contribution < -0.4 is 19.9 Å². The summed E-state index contributed by atoms with van der Waals surface area (Å²) in [5.41, 5.74) is 12.8. The van der Waals surface area contributed by atoms with Crippen molar-refractivity contribution in [3.05, 3.63) is 80.2 Å². The number of anilines is 1. The van der Waals surface area contributed by atoms with E-state index in [2.05, 4.69) is 46.2 Å². The predicted molar refractivity (Wildman–Crippen MR) is 257 cm³/mol. The molecule has 360 valence electrons. The van der Waals surface area contributed by atoms with Crippen molar-refractivity contribution >= 4 is 31.8 Å². The standard InChI is InChI=1S/C24H35N5O3S.C13H13NO.C11H22N4O2S/c1-6-20(28(4)5)21-14-22(26-29(21)15(2)3)33(31,32)27-24(30)25-23-18-11-7-9-16(18)13-17-10-8-12-19(17)23;14-8-15-13-11-5-1-3-9(11)7-10-4-2-6-12(10)13;1-6-9(14(4)5)10-7-11(18(12,16)17)13-15(10)8(2)3/h13-15,20H,6-12H2,1-5H3,(H2,25,27,30);7H,1-6H2;7-9H,6H2,1-5H3,(H2,12,16,17). The van der Waals surface area contributed by atoms with E-state index in [1.807, 2.05) is 71.9 Å². The lowest BCUT2D eigenvalue weighted by Gasteiger charge is -2.24. The number of nitrogens with zero attached hydrogens (tertiary/aromatic N) is 7. The molecule has 0 spiro atoms. The molecule has 66 heavy (non-hydrogen) atoms. The summed E-state index contributed by atoms with van der Waals surface area (Å²) in [5, 5.41) is 25.0. The fourth-order valence-electron chi connectivity index (χ4n) is 10.3. The van der Waals surface area contributed by atoms with E-state index in [0.717, 1.165) is 111 Å². The Morgan fingerprint density at radius 2 is 1.09 bits per heavy atom. The van der Waals surface area contributed by atoms with Crippen LogP contribution in [-0.4, -0.2) is 80.4 Å². The molecule has 0 fully saturated rings. The minimum atomic E-state index is -4.12. The van der Waals surface area contributed by atoms with Gasteiger partial charge in [0, 0.05) is 29.9 Å². The van der Waals surface area contributed by atoms with E-state index in [1.54, 1.807) is 21.5 Å². The van der Waals surface area contributed by atoms with Crippen molar-refractivity contribution < 1.29 is 26.4 Å². The summed E-state index contributed by atoms with van der Waals surface area (Å²) in [6, 6.07) is 7.26. The second-order valence-corrected chi connectivity index (χ2v) is 22.0. The van der Waals surface area contributed by atoms with Gasteiger partial charge in [-0.2, -0.15) is 18.6 Å². The fraction of sp³-hybridized carbons (Fsp3) is 0.583. The molecule has 18 heteroatoms. The molecule has 16 nitrogen and oxygen atoms in total. The van der Waals surface area contributed by atoms with Gasteiger partial charge in [-0.3, -0.25) is 9.36 Å². The first-order valence-electron chi connectivity index (χ1n) is 23.5. The zero-order valence-electron chi connectivity index (χ0n) is 40.5. The molecule has 4 aromatic rings. The van der Waals surface area contributed by atoms with Gasteiger partial charge in [-0.05, 0) is 190 Å². The largest absolute Gasteiger partial charge is 0.387 e. The minimum absolute atomic E-state index is 0.0127. The SMILES string of the molecule is CCC(c1cc(S(=O)(=O)NC(=O)Nc2c3c(cc4c2CCC4)CCC3)nn1C(C)C)N(C)C.CCC(c1cc(S(N)(=O)=O)nn1C(C)C)N(C)C.N#COc1c2c(cc3c1CCC3)CCC2. The molecule has 0 radical (unpaired) electrons. The van der Waals surface area contributed by atoms with E-state index >= 15 is 0 Å². The molecule has 2 heterocycles. The number of nitrogens with one attached hydrogen (secondary N) is 2. The highest BCUT2D eigenvalue weighted by Gasteiger charge is 2.31. The van der Waals surface area contributed by atoms with Gasteiger partial charge >= 0.3 is 6.03 Å². The van der Waals surface area contributed by atoms with Crippen molar-refractivity contribution in [2.45, 2.75) is 166 Å². The van der Waals surface area contributed by atoms with E-state index < -0.39 is 26.1 Å². The van der Waals surface area contributed by atoms with Crippen LogP contribution in [0.1, 0.15) is 160 Å². The number of amides is 2. The number of sulfonamides is 2. The summed E-state index contributed by atoms with van der Waals surface area (Å²) in [6.07, 6.45) is 16.4. The molecule has 4 aliphatic rings. The first-order chi connectivity index (χ1) is 31.2. The maximum Gasteiger partial charge on any atom is 0.333 e. The minimum Gasteiger partial charge on any atom is -0.387 e. The first-order valence-corrected chi connectivity index (χ1v) is 26.5. The Kier molecular flexibility index (Phi) is 16.1. The van der Waals surface area contributed by atoms with Gasteiger partial charge in [0.1, 0.15) is 5.75 Å². The zero-order valence-corrected chi connectivity index (χ0v) is 42.1. The molecule has 0 saturated carbocycles. The molecular formula is C48H70N10O6S2. The predicted octanol–water partition coefficient (Wildman–Crippen LogP) is 7.61. The number of aromatic nitrogens is 4. The summed E-state index contributed by atoms with van der Waals surface area (Å²) >= 11 is 0. The third-order valence-electron chi connectivity index (χ3n) is 13.2. The Morgan fingerprint density at radius 1 is 0.697 bits per heavy atom. The number of hydrogen-bond donors (Lipinski definition) is 3. The Morgan fingerprint density at radius 3 is 1.47 bits per heavy atom. The van der Waals surface area contributed by atoms with Crippen LogP contribution in [0.15, 0.2) is 34.3 Å². The van der Waals surface area contributed by atoms with Crippen LogP contribution in [0.2, 0.25) is 0 Å². The summed E-state index contributed by atoms with van der Waals surface area (Å²) < 4.78 is 59.9. The smallest absolute Gasteiger partial charge is 0.333 e. The molecule has 4 N–H and O–H groups in total.